The highest BCUT2D eigenvalue weighted by Gasteiger charge is 2.20. The van der Waals surface area contributed by atoms with E-state index in [-0.39, 0.29) is 10.8 Å². The summed E-state index contributed by atoms with van der Waals surface area (Å²) in [5.74, 6) is 0.497. The quantitative estimate of drug-likeness (QED) is 0.363. The van der Waals surface area contributed by atoms with E-state index in [1.807, 2.05) is 36.4 Å². The Morgan fingerprint density at radius 2 is 1.61 bits per heavy atom. The summed E-state index contributed by atoms with van der Waals surface area (Å²) < 4.78 is 25.2. The summed E-state index contributed by atoms with van der Waals surface area (Å²) in [5, 5.41) is 3.47. The Morgan fingerprint density at radius 1 is 1.00 bits per heavy atom. The maximum absolute atomic E-state index is 12.5. The molecular formula is C22H21ClN2O4S2. The fourth-order valence-corrected chi connectivity index (χ4v) is 4.56. The molecule has 0 saturated carbocycles. The third-order valence-corrected chi connectivity index (χ3v) is 7.47. The van der Waals surface area contributed by atoms with Gasteiger partial charge in [-0.2, -0.15) is 0 Å². The van der Waals surface area contributed by atoms with Crippen LogP contribution in [0.2, 0.25) is 5.02 Å². The number of hydrogen-bond acceptors (Lipinski definition) is 5. The lowest BCUT2D eigenvalue weighted by Crippen LogP contribution is -2.25. The maximum Gasteiger partial charge on any atom is 0.264 e. The van der Waals surface area contributed by atoms with Crippen molar-refractivity contribution in [1.82, 2.24) is 4.47 Å². The summed E-state index contributed by atoms with van der Waals surface area (Å²) >= 11 is 7.58. The lowest BCUT2D eigenvalue weighted by molar-refractivity contribution is -0.0258. The minimum absolute atomic E-state index is 0.0670. The van der Waals surface area contributed by atoms with Crippen LogP contribution in [0.5, 0.6) is 0 Å². The van der Waals surface area contributed by atoms with Crippen molar-refractivity contribution in [3.8, 4) is 0 Å². The fraction of sp³-hybridized carbons (Fsp3) is 0.136. The molecule has 162 valence electrons. The molecule has 0 fully saturated rings. The van der Waals surface area contributed by atoms with Crippen LogP contribution in [-0.2, 0) is 20.6 Å². The Labute approximate surface area is 191 Å². The Bertz CT molecular complexity index is 1130. The maximum atomic E-state index is 12.5. The average Bonchev–Trinajstić information content (AvgIpc) is 2.78. The Hall–Kier alpha value is -2.36. The van der Waals surface area contributed by atoms with Crippen molar-refractivity contribution in [2.45, 2.75) is 15.5 Å². The highest BCUT2D eigenvalue weighted by Crippen LogP contribution is 2.24. The Balaban J connectivity index is 1.59. The first-order valence-corrected chi connectivity index (χ1v) is 12.0. The number of halogens is 1. The minimum Gasteiger partial charge on any atom is -0.322 e. The van der Waals surface area contributed by atoms with Gasteiger partial charge in [0.05, 0.1) is 12.0 Å². The molecule has 0 aliphatic heterocycles. The first-order valence-electron chi connectivity index (χ1n) is 9.21. The monoisotopic (exact) mass is 476 g/mol. The third-order valence-electron chi connectivity index (χ3n) is 4.44. The van der Waals surface area contributed by atoms with Gasteiger partial charge >= 0.3 is 0 Å². The summed E-state index contributed by atoms with van der Waals surface area (Å²) in [6.07, 6.45) is 0. The summed E-state index contributed by atoms with van der Waals surface area (Å²) in [7, 11) is -1.15. The van der Waals surface area contributed by atoms with Gasteiger partial charge in [0.15, 0.2) is 0 Å². The zero-order valence-corrected chi connectivity index (χ0v) is 19.3. The molecular weight excluding hydrogens is 456 g/mol. The second-order valence-electron chi connectivity index (χ2n) is 6.52. The molecule has 1 N–H and O–H groups in total. The molecule has 6 nitrogen and oxygen atoms in total. The topological polar surface area (TPSA) is 75.7 Å². The number of nitrogens with zero attached hydrogens (tertiary/aromatic N) is 1. The number of hydrogen-bond donors (Lipinski definition) is 1. The lowest BCUT2D eigenvalue weighted by atomic mass is 10.1. The van der Waals surface area contributed by atoms with Crippen molar-refractivity contribution in [2.75, 3.05) is 19.5 Å². The molecule has 3 aromatic carbocycles. The summed E-state index contributed by atoms with van der Waals surface area (Å²) in [6.45, 7) is 0. The molecule has 0 aliphatic carbocycles. The molecule has 0 unspecified atom stereocenters. The van der Waals surface area contributed by atoms with Crippen LogP contribution in [0.15, 0.2) is 82.6 Å². The number of carbonyl (C=O) groups is 1. The van der Waals surface area contributed by atoms with E-state index in [0.717, 1.165) is 20.7 Å². The number of amides is 1. The number of thioether (sulfide) groups is 1. The van der Waals surface area contributed by atoms with Crippen molar-refractivity contribution in [3.63, 3.8) is 0 Å². The van der Waals surface area contributed by atoms with E-state index >= 15 is 0 Å². The second-order valence-corrected chi connectivity index (χ2v) is 9.94. The smallest absolute Gasteiger partial charge is 0.264 e. The van der Waals surface area contributed by atoms with Crippen LogP contribution in [0.4, 0.5) is 5.69 Å². The van der Waals surface area contributed by atoms with Gasteiger partial charge < -0.3 is 5.32 Å². The van der Waals surface area contributed by atoms with Gasteiger partial charge in [-0.25, -0.2) is 8.42 Å². The number of carbonyl (C=O) groups excluding carboxylic acids is 1. The van der Waals surface area contributed by atoms with Gasteiger partial charge in [0.25, 0.3) is 15.9 Å². The van der Waals surface area contributed by atoms with Crippen LogP contribution in [0.25, 0.3) is 0 Å². The highest BCUT2D eigenvalue weighted by molar-refractivity contribution is 7.98. The molecule has 0 spiro atoms. The van der Waals surface area contributed by atoms with Crippen molar-refractivity contribution < 1.29 is 18.0 Å². The third kappa shape index (κ3) is 6.09. The number of nitrogens with one attached hydrogen (secondary N) is 1. The Morgan fingerprint density at radius 3 is 2.19 bits per heavy atom. The zero-order valence-electron chi connectivity index (χ0n) is 16.9. The highest BCUT2D eigenvalue weighted by atomic mass is 35.5. The molecule has 3 rings (SSSR count). The molecule has 9 heteroatoms. The molecule has 0 atom stereocenters. The number of benzene rings is 3. The molecule has 0 bridgehead atoms. The molecule has 0 heterocycles. The van der Waals surface area contributed by atoms with E-state index < -0.39 is 10.0 Å². The van der Waals surface area contributed by atoms with E-state index in [9.17, 15) is 13.2 Å². The van der Waals surface area contributed by atoms with Crippen LogP contribution in [-0.4, -0.2) is 33.0 Å². The predicted octanol–water partition coefficient (Wildman–Crippen LogP) is 5.07. The SMILES string of the molecule is CON(C)S(=O)(=O)c1ccc(NC(=O)c2ccc(CSc3ccc(Cl)cc3)cc2)cc1. The van der Waals surface area contributed by atoms with Crippen molar-refractivity contribution >= 4 is 45.0 Å². The molecule has 0 radical (unpaired) electrons. The van der Waals surface area contributed by atoms with E-state index in [1.54, 1.807) is 23.9 Å². The van der Waals surface area contributed by atoms with Crippen molar-refractivity contribution in [2.24, 2.45) is 0 Å². The van der Waals surface area contributed by atoms with Crippen LogP contribution >= 0.6 is 23.4 Å². The Kier molecular flexibility index (Phi) is 7.74. The van der Waals surface area contributed by atoms with Gasteiger partial charge in [-0.1, -0.05) is 28.2 Å². The van der Waals surface area contributed by atoms with Crippen molar-refractivity contribution in [3.05, 3.63) is 88.9 Å². The summed E-state index contributed by atoms with van der Waals surface area (Å²) in [6, 6.07) is 20.9. The standard InChI is InChI=1S/C22H21ClN2O4S2/c1-25(29-2)31(27,28)21-13-9-19(10-14-21)24-22(26)17-5-3-16(4-6-17)15-30-20-11-7-18(23)8-12-20/h3-14H,15H2,1-2H3,(H,24,26). The normalized spacial score (nSPS) is 11.5. The number of rotatable bonds is 8. The van der Waals surface area contributed by atoms with Crippen LogP contribution in [0.1, 0.15) is 15.9 Å². The molecule has 1 amide bonds. The molecule has 3 aromatic rings. The van der Waals surface area contributed by atoms with Gasteiger partial charge in [-0.05, 0) is 66.2 Å². The molecule has 0 aliphatic rings. The minimum atomic E-state index is -3.73. The molecule has 0 aromatic heterocycles. The van der Waals surface area contributed by atoms with Crippen molar-refractivity contribution in [1.29, 1.82) is 0 Å². The largest absolute Gasteiger partial charge is 0.322 e. The van der Waals surface area contributed by atoms with E-state index in [2.05, 4.69) is 5.32 Å². The number of hydroxylamine groups is 1. The van der Waals surface area contributed by atoms with Gasteiger partial charge in [0.2, 0.25) is 0 Å². The van der Waals surface area contributed by atoms with E-state index in [1.165, 1.54) is 38.4 Å². The van der Waals surface area contributed by atoms with E-state index in [4.69, 9.17) is 16.4 Å². The lowest BCUT2D eigenvalue weighted by Gasteiger charge is -2.14. The number of sulfonamides is 1. The summed E-state index contributed by atoms with van der Waals surface area (Å²) in [5.41, 5.74) is 2.09. The fourth-order valence-electron chi connectivity index (χ4n) is 2.61. The van der Waals surface area contributed by atoms with Crippen LogP contribution in [0, 0.1) is 0 Å². The van der Waals surface area contributed by atoms with Gasteiger partial charge in [0, 0.05) is 34.0 Å². The van der Waals surface area contributed by atoms with Gasteiger partial charge in [0.1, 0.15) is 0 Å². The summed E-state index contributed by atoms with van der Waals surface area (Å²) in [4.78, 5) is 18.4. The molecule has 31 heavy (non-hydrogen) atoms. The second kappa shape index (κ2) is 10.3. The average molecular weight is 477 g/mol. The molecule has 0 saturated heterocycles. The first-order chi connectivity index (χ1) is 14.8. The van der Waals surface area contributed by atoms with Gasteiger partial charge in [-0.3, -0.25) is 9.63 Å². The predicted molar refractivity (Wildman–Crippen MR) is 124 cm³/mol. The van der Waals surface area contributed by atoms with Gasteiger partial charge in [-0.15, -0.1) is 11.8 Å². The zero-order chi connectivity index (χ0) is 22.4. The number of anilines is 1. The van der Waals surface area contributed by atoms with Crippen LogP contribution < -0.4 is 5.32 Å². The first kappa shape index (κ1) is 23.3. The van der Waals surface area contributed by atoms with Crippen LogP contribution in [0.3, 0.4) is 0 Å². The van der Waals surface area contributed by atoms with E-state index in [0.29, 0.717) is 16.3 Å².